The van der Waals surface area contributed by atoms with Crippen molar-refractivity contribution in [1.82, 2.24) is 0 Å². The van der Waals surface area contributed by atoms with E-state index in [1.54, 1.807) is 5.56 Å². The first kappa shape index (κ1) is 12.7. The summed E-state index contributed by atoms with van der Waals surface area (Å²) >= 11 is 0. The highest BCUT2D eigenvalue weighted by Gasteiger charge is 2.53. The molecule has 0 bridgehead atoms. The Morgan fingerprint density at radius 3 is 2.80 bits per heavy atom. The average Bonchev–Trinajstić information content (AvgIpc) is 2.76. The second-order valence-electron chi connectivity index (χ2n) is 7.79. The summed E-state index contributed by atoms with van der Waals surface area (Å²) < 4.78 is 0. The highest BCUT2D eigenvalue weighted by atomic mass is 14.6. The molecule has 0 nitrogen and oxygen atoms in total. The lowest BCUT2D eigenvalue weighted by atomic mass is 9.54. The lowest BCUT2D eigenvalue weighted by Crippen LogP contribution is -2.41. The first-order valence-electron chi connectivity index (χ1n) is 8.38. The summed E-state index contributed by atoms with van der Waals surface area (Å²) in [6.07, 6.45) is 6.97. The van der Waals surface area contributed by atoms with Crippen LogP contribution in [0.2, 0.25) is 0 Å². The lowest BCUT2D eigenvalue weighted by molar-refractivity contribution is 0.0421. The minimum atomic E-state index is 0.605. The van der Waals surface area contributed by atoms with Crippen LogP contribution in [-0.2, 0) is 0 Å². The van der Waals surface area contributed by atoms with E-state index in [4.69, 9.17) is 0 Å². The third-order valence-corrected chi connectivity index (χ3v) is 7.13. The second-order valence-corrected chi connectivity index (χ2v) is 7.79. The van der Waals surface area contributed by atoms with Gasteiger partial charge in [-0.25, -0.2) is 0 Å². The van der Waals surface area contributed by atoms with Gasteiger partial charge in [-0.15, -0.1) is 0 Å². The monoisotopic (exact) mass is 266 g/mol. The van der Waals surface area contributed by atoms with E-state index in [-0.39, 0.29) is 0 Å². The Labute approximate surface area is 123 Å². The van der Waals surface area contributed by atoms with Crippen LogP contribution in [0.4, 0.5) is 0 Å². The highest BCUT2D eigenvalue weighted by Crippen LogP contribution is 2.63. The quantitative estimate of drug-likeness (QED) is 0.569. The van der Waals surface area contributed by atoms with Crippen LogP contribution in [0.25, 0.3) is 5.57 Å². The van der Waals surface area contributed by atoms with Gasteiger partial charge in [0.2, 0.25) is 0 Å². The number of rotatable bonds is 0. The Bertz CT molecular complexity index is 555. The fourth-order valence-corrected chi connectivity index (χ4v) is 5.76. The maximum atomic E-state index is 4.40. The van der Waals surface area contributed by atoms with Crippen molar-refractivity contribution in [3.05, 3.63) is 42.0 Å². The zero-order valence-electron chi connectivity index (χ0n) is 12.9. The molecule has 0 saturated heterocycles. The van der Waals surface area contributed by atoms with Crippen LogP contribution < -0.4 is 0 Å². The van der Waals surface area contributed by atoms with Crippen LogP contribution in [0.15, 0.2) is 30.8 Å². The van der Waals surface area contributed by atoms with Gasteiger partial charge in [-0.1, -0.05) is 44.7 Å². The van der Waals surface area contributed by atoms with E-state index in [2.05, 4.69) is 44.7 Å². The summed E-state index contributed by atoms with van der Waals surface area (Å²) in [4.78, 5) is 0. The molecular weight excluding hydrogens is 240 g/mol. The fraction of sp³-hybridized carbons (Fsp3) is 0.600. The molecule has 0 heterocycles. The molecule has 3 aliphatic carbocycles. The standard InChI is InChI=1S/C20H26/c1-13-12-18-17(16-7-5-4-6-15(13)16)10-11-20(3)14(2)8-9-19(18)20/h4-7,14,17-19H,1,8-12H2,2-3H3. The molecule has 0 aliphatic heterocycles. The molecule has 1 aromatic rings. The summed E-state index contributed by atoms with van der Waals surface area (Å²) in [5.41, 5.74) is 5.07. The molecule has 5 unspecified atom stereocenters. The first-order valence-corrected chi connectivity index (χ1v) is 8.38. The van der Waals surface area contributed by atoms with Crippen molar-refractivity contribution in [1.29, 1.82) is 0 Å². The van der Waals surface area contributed by atoms with Crippen LogP contribution in [-0.4, -0.2) is 0 Å². The van der Waals surface area contributed by atoms with Crippen LogP contribution in [0.5, 0.6) is 0 Å². The van der Waals surface area contributed by atoms with Crippen LogP contribution in [0.1, 0.15) is 63.0 Å². The summed E-state index contributed by atoms with van der Waals surface area (Å²) in [5, 5.41) is 0. The van der Waals surface area contributed by atoms with E-state index in [0.717, 1.165) is 23.7 Å². The van der Waals surface area contributed by atoms with Crippen molar-refractivity contribution in [2.75, 3.05) is 0 Å². The summed E-state index contributed by atoms with van der Waals surface area (Å²) in [5.74, 6) is 3.52. The van der Waals surface area contributed by atoms with E-state index in [9.17, 15) is 0 Å². The van der Waals surface area contributed by atoms with Gasteiger partial charge in [-0.3, -0.25) is 0 Å². The number of hydrogen-bond donors (Lipinski definition) is 0. The zero-order chi connectivity index (χ0) is 13.9. The Morgan fingerprint density at radius 2 is 1.95 bits per heavy atom. The smallest absolute Gasteiger partial charge is 0.0121 e. The van der Waals surface area contributed by atoms with Gasteiger partial charge in [0.05, 0.1) is 0 Å². The SMILES string of the molecule is C=C1CC2C(CCC3(C)C(C)CCC23)c2ccccc21. The van der Waals surface area contributed by atoms with Crippen LogP contribution >= 0.6 is 0 Å². The largest absolute Gasteiger partial charge is 0.0952 e. The fourth-order valence-electron chi connectivity index (χ4n) is 5.76. The molecule has 0 amide bonds. The third-order valence-electron chi connectivity index (χ3n) is 7.13. The van der Waals surface area contributed by atoms with E-state index in [1.807, 2.05) is 0 Å². The van der Waals surface area contributed by atoms with Crippen LogP contribution in [0, 0.1) is 23.2 Å². The van der Waals surface area contributed by atoms with Gasteiger partial charge in [-0.05, 0) is 77.9 Å². The maximum absolute atomic E-state index is 4.40. The molecule has 0 aromatic heterocycles. The summed E-state index contributed by atoms with van der Waals surface area (Å²) in [7, 11) is 0. The highest BCUT2D eigenvalue weighted by molar-refractivity contribution is 5.69. The van der Waals surface area contributed by atoms with Crippen molar-refractivity contribution in [2.45, 2.75) is 51.9 Å². The van der Waals surface area contributed by atoms with Gasteiger partial charge >= 0.3 is 0 Å². The third kappa shape index (κ3) is 1.54. The average molecular weight is 266 g/mol. The molecule has 106 valence electrons. The Morgan fingerprint density at radius 1 is 1.15 bits per heavy atom. The Balaban J connectivity index is 1.77. The molecule has 0 heteroatoms. The molecule has 5 atom stereocenters. The predicted octanol–water partition coefficient (Wildman–Crippen LogP) is 5.65. The number of fused-ring (bicyclic) bond motifs is 5. The van der Waals surface area contributed by atoms with E-state index < -0.39 is 0 Å². The van der Waals surface area contributed by atoms with Crippen LogP contribution in [0.3, 0.4) is 0 Å². The number of hydrogen-bond acceptors (Lipinski definition) is 0. The van der Waals surface area contributed by atoms with Crippen molar-refractivity contribution in [2.24, 2.45) is 23.2 Å². The van der Waals surface area contributed by atoms with E-state index >= 15 is 0 Å². The van der Waals surface area contributed by atoms with Crippen molar-refractivity contribution < 1.29 is 0 Å². The topological polar surface area (TPSA) is 0 Å². The van der Waals surface area contributed by atoms with Crippen molar-refractivity contribution in [3.8, 4) is 0 Å². The molecule has 3 aliphatic rings. The normalized spacial score (nSPS) is 42.8. The predicted molar refractivity (Wildman–Crippen MR) is 85.6 cm³/mol. The van der Waals surface area contributed by atoms with E-state index in [0.29, 0.717) is 5.41 Å². The molecular formula is C20H26. The van der Waals surface area contributed by atoms with Gasteiger partial charge in [-0.2, -0.15) is 0 Å². The molecule has 0 spiro atoms. The first-order chi connectivity index (χ1) is 9.61. The maximum Gasteiger partial charge on any atom is -0.0121 e. The van der Waals surface area contributed by atoms with Gasteiger partial charge in [0.1, 0.15) is 0 Å². The van der Waals surface area contributed by atoms with Gasteiger partial charge < -0.3 is 0 Å². The van der Waals surface area contributed by atoms with E-state index in [1.165, 1.54) is 43.2 Å². The van der Waals surface area contributed by atoms with Gasteiger partial charge in [0.15, 0.2) is 0 Å². The minimum absolute atomic E-state index is 0.605. The molecule has 0 N–H and O–H groups in total. The molecule has 1 aromatic carbocycles. The lowest BCUT2D eigenvalue weighted by Gasteiger charge is -2.51. The van der Waals surface area contributed by atoms with Crippen molar-refractivity contribution in [3.63, 3.8) is 0 Å². The Kier molecular flexibility index (Phi) is 2.68. The zero-order valence-corrected chi connectivity index (χ0v) is 12.9. The van der Waals surface area contributed by atoms with Crippen molar-refractivity contribution >= 4 is 5.57 Å². The summed E-state index contributed by atoms with van der Waals surface area (Å²) in [6.45, 7) is 9.47. The minimum Gasteiger partial charge on any atom is -0.0952 e. The number of allylic oxidation sites excluding steroid dienone is 1. The summed E-state index contributed by atoms with van der Waals surface area (Å²) in [6, 6.07) is 9.06. The molecule has 20 heavy (non-hydrogen) atoms. The Hall–Kier alpha value is -1.04. The molecule has 0 radical (unpaired) electrons. The molecule has 4 rings (SSSR count). The van der Waals surface area contributed by atoms with Gasteiger partial charge in [0.25, 0.3) is 0 Å². The molecule has 2 saturated carbocycles. The second kappa shape index (κ2) is 4.23. The van der Waals surface area contributed by atoms with Gasteiger partial charge in [0, 0.05) is 0 Å². The number of benzene rings is 1. The molecule has 2 fully saturated rings.